The Morgan fingerprint density at radius 3 is 2.15 bits per heavy atom. The van der Waals surface area contributed by atoms with Crippen LogP contribution in [0, 0.1) is 12.8 Å². The third kappa shape index (κ3) is 4.25. The van der Waals surface area contributed by atoms with E-state index in [-0.39, 0.29) is 22.8 Å². The Balaban J connectivity index is 2.39. The lowest BCUT2D eigenvalue weighted by molar-refractivity contribution is 0.0931. The van der Waals surface area contributed by atoms with Crippen molar-refractivity contribution >= 4 is 21.6 Å². The van der Waals surface area contributed by atoms with E-state index in [4.69, 9.17) is 0 Å². The molecule has 0 heterocycles. The van der Waals surface area contributed by atoms with E-state index in [0.717, 1.165) is 9.87 Å². The zero-order chi connectivity index (χ0) is 19.5. The predicted molar refractivity (Wildman–Crippen MR) is 105 cm³/mol. The second-order valence-corrected chi connectivity index (χ2v) is 8.78. The maximum atomic E-state index is 12.9. The number of benzene rings is 2. The Kier molecular flexibility index (Phi) is 6.08. The van der Waals surface area contributed by atoms with Crippen LogP contribution >= 0.6 is 0 Å². The number of carbonyl (C=O) groups is 1. The summed E-state index contributed by atoms with van der Waals surface area (Å²) in [6.07, 6.45) is 0. The zero-order valence-corrected chi connectivity index (χ0v) is 16.7. The number of para-hydroxylation sites is 1. The molecule has 0 saturated carbocycles. The maximum Gasteiger partial charge on any atom is 0.264 e. The Morgan fingerprint density at radius 1 is 1.00 bits per heavy atom. The summed E-state index contributed by atoms with van der Waals surface area (Å²) in [4.78, 5) is 12.9. The van der Waals surface area contributed by atoms with Crippen LogP contribution in [-0.4, -0.2) is 27.4 Å². The molecule has 0 aliphatic carbocycles. The SMILES string of the molecule is Cc1ccc(S(=O)(=O)N(C)c2ccccc2C(=O)NC(C)C(C)C)cc1. The first kappa shape index (κ1) is 20.0. The summed E-state index contributed by atoms with van der Waals surface area (Å²) in [5.74, 6) is -0.00658. The van der Waals surface area contributed by atoms with E-state index in [0.29, 0.717) is 11.3 Å². The van der Waals surface area contributed by atoms with Gasteiger partial charge >= 0.3 is 0 Å². The van der Waals surface area contributed by atoms with Gasteiger partial charge in [0, 0.05) is 13.1 Å². The second-order valence-electron chi connectivity index (χ2n) is 6.81. The first-order chi connectivity index (χ1) is 12.1. The van der Waals surface area contributed by atoms with Gasteiger partial charge in [-0.15, -0.1) is 0 Å². The van der Waals surface area contributed by atoms with Gasteiger partial charge in [0.15, 0.2) is 0 Å². The molecule has 0 aliphatic heterocycles. The molecule has 0 aliphatic rings. The van der Waals surface area contributed by atoms with Gasteiger partial charge in [0.25, 0.3) is 15.9 Å². The van der Waals surface area contributed by atoms with Crippen LogP contribution in [0.4, 0.5) is 5.69 Å². The Bertz CT molecular complexity index is 874. The number of nitrogens with one attached hydrogen (secondary N) is 1. The number of carbonyl (C=O) groups excluding carboxylic acids is 1. The minimum absolute atomic E-state index is 0.0189. The van der Waals surface area contributed by atoms with Gasteiger partial charge in [0.05, 0.1) is 16.1 Å². The lowest BCUT2D eigenvalue weighted by Crippen LogP contribution is -2.37. The highest BCUT2D eigenvalue weighted by molar-refractivity contribution is 7.92. The largest absolute Gasteiger partial charge is 0.349 e. The van der Waals surface area contributed by atoms with Gasteiger partial charge in [0.1, 0.15) is 0 Å². The third-order valence-electron chi connectivity index (χ3n) is 4.53. The summed E-state index contributed by atoms with van der Waals surface area (Å²) in [7, 11) is -2.29. The van der Waals surface area contributed by atoms with Crippen LogP contribution in [0.15, 0.2) is 53.4 Å². The van der Waals surface area contributed by atoms with E-state index < -0.39 is 10.0 Å². The standard InChI is InChI=1S/C20H26N2O3S/c1-14(2)16(4)21-20(23)18-8-6-7-9-19(18)22(5)26(24,25)17-12-10-15(3)11-13-17/h6-14,16H,1-5H3,(H,21,23). The molecule has 0 aromatic heterocycles. The number of rotatable bonds is 6. The van der Waals surface area contributed by atoms with Crippen LogP contribution in [0.25, 0.3) is 0 Å². The number of hydrogen-bond acceptors (Lipinski definition) is 3. The van der Waals surface area contributed by atoms with Crippen LogP contribution in [0.3, 0.4) is 0 Å². The van der Waals surface area contributed by atoms with Crippen LogP contribution in [0.2, 0.25) is 0 Å². The van der Waals surface area contributed by atoms with Crippen molar-refractivity contribution in [2.24, 2.45) is 5.92 Å². The Hall–Kier alpha value is -2.34. The molecule has 0 radical (unpaired) electrons. The zero-order valence-electron chi connectivity index (χ0n) is 15.9. The summed E-state index contributed by atoms with van der Waals surface area (Å²) >= 11 is 0. The number of hydrogen-bond donors (Lipinski definition) is 1. The van der Waals surface area contributed by atoms with Gasteiger partial charge in [-0.25, -0.2) is 8.42 Å². The first-order valence-corrected chi connectivity index (χ1v) is 10.0. The molecule has 2 rings (SSSR count). The van der Waals surface area contributed by atoms with E-state index >= 15 is 0 Å². The van der Waals surface area contributed by atoms with E-state index in [1.54, 1.807) is 48.5 Å². The molecular formula is C20H26N2O3S. The molecule has 1 N–H and O–H groups in total. The molecule has 1 atom stereocenters. The highest BCUT2D eigenvalue weighted by Gasteiger charge is 2.25. The van der Waals surface area contributed by atoms with Crippen molar-refractivity contribution in [3.63, 3.8) is 0 Å². The third-order valence-corrected chi connectivity index (χ3v) is 6.31. The fraction of sp³-hybridized carbons (Fsp3) is 0.350. The van der Waals surface area contributed by atoms with E-state index in [1.807, 2.05) is 27.7 Å². The van der Waals surface area contributed by atoms with Crippen LogP contribution < -0.4 is 9.62 Å². The van der Waals surface area contributed by atoms with Crippen molar-refractivity contribution in [2.45, 2.75) is 38.6 Å². The molecule has 140 valence electrons. The molecular weight excluding hydrogens is 348 g/mol. The normalized spacial score (nSPS) is 12.7. The molecule has 0 saturated heterocycles. The smallest absolute Gasteiger partial charge is 0.264 e. The number of amides is 1. The van der Waals surface area contributed by atoms with E-state index in [2.05, 4.69) is 5.32 Å². The summed E-state index contributed by atoms with van der Waals surface area (Å²) in [6.45, 7) is 7.86. The van der Waals surface area contributed by atoms with Crippen molar-refractivity contribution in [2.75, 3.05) is 11.4 Å². The van der Waals surface area contributed by atoms with Crippen molar-refractivity contribution < 1.29 is 13.2 Å². The summed E-state index contributed by atoms with van der Waals surface area (Å²) in [5.41, 5.74) is 1.66. The summed E-state index contributed by atoms with van der Waals surface area (Å²) in [5, 5.41) is 2.93. The van der Waals surface area contributed by atoms with E-state index in [1.165, 1.54) is 7.05 Å². The lowest BCUT2D eigenvalue weighted by Gasteiger charge is -2.23. The van der Waals surface area contributed by atoms with Gasteiger partial charge in [-0.05, 0) is 44.0 Å². The quantitative estimate of drug-likeness (QED) is 0.840. The molecule has 1 unspecified atom stereocenters. The molecule has 6 heteroatoms. The topological polar surface area (TPSA) is 66.5 Å². The van der Waals surface area contributed by atoms with Crippen LogP contribution in [0.1, 0.15) is 36.7 Å². The molecule has 0 bridgehead atoms. The minimum atomic E-state index is -3.76. The monoisotopic (exact) mass is 374 g/mol. The predicted octanol–water partition coefficient (Wildman–Crippen LogP) is 3.59. The van der Waals surface area contributed by atoms with Crippen molar-refractivity contribution in [3.8, 4) is 0 Å². The van der Waals surface area contributed by atoms with Crippen molar-refractivity contribution in [3.05, 3.63) is 59.7 Å². The summed E-state index contributed by atoms with van der Waals surface area (Å²) < 4.78 is 27.0. The van der Waals surface area contributed by atoms with Crippen molar-refractivity contribution in [1.82, 2.24) is 5.32 Å². The molecule has 26 heavy (non-hydrogen) atoms. The first-order valence-electron chi connectivity index (χ1n) is 8.60. The van der Waals surface area contributed by atoms with Gasteiger partial charge in [-0.1, -0.05) is 43.7 Å². The Morgan fingerprint density at radius 2 is 1.58 bits per heavy atom. The highest BCUT2D eigenvalue weighted by atomic mass is 32.2. The average molecular weight is 375 g/mol. The summed E-state index contributed by atoms with van der Waals surface area (Å²) in [6, 6.07) is 13.4. The fourth-order valence-electron chi connectivity index (χ4n) is 2.39. The average Bonchev–Trinajstić information content (AvgIpc) is 2.61. The number of aryl methyl sites for hydroxylation is 1. The lowest BCUT2D eigenvalue weighted by atomic mass is 10.1. The van der Waals surface area contributed by atoms with Gasteiger partial charge in [-0.3, -0.25) is 9.10 Å². The fourth-order valence-corrected chi connectivity index (χ4v) is 3.60. The van der Waals surface area contributed by atoms with Crippen molar-refractivity contribution in [1.29, 1.82) is 0 Å². The second kappa shape index (κ2) is 7.91. The van der Waals surface area contributed by atoms with Gasteiger partial charge in [-0.2, -0.15) is 0 Å². The molecule has 1 amide bonds. The van der Waals surface area contributed by atoms with Crippen LogP contribution in [-0.2, 0) is 10.0 Å². The highest BCUT2D eigenvalue weighted by Crippen LogP contribution is 2.26. The molecule has 2 aromatic rings. The van der Waals surface area contributed by atoms with Gasteiger partial charge in [0.2, 0.25) is 0 Å². The van der Waals surface area contributed by atoms with Gasteiger partial charge < -0.3 is 5.32 Å². The number of anilines is 1. The minimum Gasteiger partial charge on any atom is -0.349 e. The molecule has 0 fully saturated rings. The van der Waals surface area contributed by atoms with Crippen LogP contribution in [0.5, 0.6) is 0 Å². The number of nitrogens with zero attached hydrogens (tertiary/aromatic N) is 1. The maximum absolute atomic E-state index is 12.9. The molecule has 2 aromatic carbocycles. The number of sulfonamides is 1. The molecule has 5 nitrogen and oxygen atoms in total. The van der Waals surface area contributed by atoms with E-state index in [9.17, 15) is 13.2 Å². The Labute approximate surface area is 156 Å². The molecule has 0 spiro atoms.